The summed E-state index contributed by atoms with van der Waals surface area (Å²) in [5, 5.41) is 1.09. The van der Waals surface area contributed by atoms with Crippen LogP contribution in [0.1, 0.15) is 54.8 Å². The summed E-state index contributed by atoms with van der Waals surface area (Å²) in [5.41, 5.74) is 4.01. The topological polar surface area (TPSA) is 63.8 Å². The number of nitrogens with two attached hydrogens (primary N) is 1. The lowest BCUT2D eigenvalue weighted by Crippen LogP contribution is -2.12. The van der Waals surface area contributed by atoms with Crippen LogP contribution < -0.4 is 11.3 Å². The van der Waals surface area contributed by atoms with Crippen LogP contribution in [0.5, 0.6) is 0 Å². The number of aryl methyl sites for hydroxylation is 2. The molecule has 2 heterocycles. The summed E-state index contributed by atoms with van der Waals surface area (Å²) in [6.07, 6.45) is 4.99. The summed E-state index contributed by atoms with van der Waals surface area (Å²) < 4.78 is 0. The molecular formula is C15H22N4S. The minimum Gasteiger partial charge on any atom is -0.308 e. The molecule has 4 nitrogen and oxygen atoms in total. The molecule has 1 saturated carbocycles. The Bertz CT molecular complexity index is 634. The van der Waals surface area contributed by atoms with Crippen molar-refractivity contribution in [1.29, 1.82) is 0 Å². The predicted molar refractivity (Wildman–Crippen MR) is 85.1 cm³/mol. The van der Waals surface area contributed by atoms with E-state index in [1.165, 1.54) is 36.1 Å². The molecule has 20 heavy (non-hydrogen) atoms. The third-order valence-electron chi connectivity index (χ3n) is 4.67. The van der Waals surface area contributed by atoms with Crippen LogP contribution in [0.3, 0.4) is 0 Å². The van der Waals surface area contributed by atoms with E-state index in [0.29, 0.717) is 5.92 Å². The number of hydrogen-bond acceptors (Lipinski definition) is 5. The molecule has 0 radical (unpaired) electrons. The van der Waals surface area contributed by atoms with Crippen molar-refractivity contribution in [3.8, 4) is 0 Å². The highest BCUT2D eigenvalue weighted by molar-refractivity contribution is 7.18. The van der Waals surface area contributed by atoms with E-state index in [2.05, 4.69) is 26.2 Å². The van der Waals surface area contributed by atoms with Gasteiger partial charge in [0.15, 0.2) is 5.82 Å². The van der Waals surface area contributed by atoms with Crippen LogP contribution in [-0.2, 0) is 0 Å². The number of hydrazine groups is 1. The van der Waals surface area contributed by atoms with Crippen molar-refractivity contribution < 1.29 is 0 Å². The Kier molecular flexibility index (Phi) is 3.65. The Morgan fingerprint density at radius 3 is 2.75 bits per heavy atom. The monoisotopic (exact) mass is 290 g/mol. The molecule has 1 aliphatic rings. The number of fused-ring (bicyclic) bond motifs is 1. The summed E-state index contributed by atoms with van der Waals surface area (Å²) >= 11 is 1.74. The van der Waals surface area contributed by atoms with Gasteiger partial charge < -0.3 is 5.43 Å². The predicted octanol–water partition coefficient (Wildman–Crippen LogP) is 3.89. The van der Waals surface area contributed by atoms with E-state index in [-0.39, 0.29) is 0 Å². The summed E-state index contributed by atoms with van der Waals surface area (Å²) in [7, 11) is 0. The van der Waals surface area contributed by atoms with E-state index in [1.54, 1.807) is 11.3 Å². The van der Waals surface area contributed by atoms with Crippen molar-refractivity contribution >= 4 is 27.4 Å². The van der Waals surface area contributed by atoms with Gasteiger partial charge in [-0.3, -0.25) is 0 Å². The van der Waals surface area contributed by atoms with Crippen LogP contribution in [0.4, 0.5) is 5.82 Å². The smallest absolute Gasteiger partial charge is 0.152 e. The number of hydrogen-bond donors (Lipinski definition) is 2. The molecular weight excluding hydrogens is 268 g/mol. The fraction of sp³-hybridized carbons (Fsp3) is 0.600. The van der Waals surface area contributed by atoms with E-state index >= 15 is 0 Å². The molecule has 0 amide bonds. The Morgan fingerprint density at radius 2 is 2.10 bits per heavy atom. The second kappa shape index (κ2) is 5.30. The van der Waals surface area contributed by atoms with Crippen LogP contribution in [0.25, 0.3) is 10.2 Å². The van der Waals surface area contributed by atoms with E-state index in [0.717, 1.165) is 27.8 Å². The largest absolute Gasteiger partial charge is 0.308 e. The molecule has 1 fully saturated rings. The first kappa shape index (κ1) is 13.8. The lowest BCUT2D eigenvalue weighted by atomic mass is 10.0. The van der Waals surface area contributed by atoms with Gasteiger partial charge in [-0.25, -0.2) is 15.8 Å². The molecule has 3 rings (SSSR count). The zero-order valence-electron chi connectivity index (χ0n) is 12.4. The van der Waals surface area contributed by atoms with Gasteiger partial charge in [-0.1, -0.05) is 13.3 Å². The Hall–Kier alpha value is -1.20. The van der Waals surface area contributed by atoms with Crippen molar-refractivity contribution in [2.24, 2.45) is 11.8 Å². The average molecular weight is 290 g/mol. The van der Waals surface area contributed by atoms with Crippen molar-refractivity contribution in [1.82, 2.24) is 9.97 Å². The van der Waals surface area contributed by atoms with Crippen LogP contribution in [-0.4, -0.2) is 9.97 Å². The zero-order chi connectivity index (χ0) is 14.3. The Labute approximate surface area is 123 Å². The van der Waals surface area contributed by atoms with Gasteiger partial charge in [0.1, 0.15) is 10.7 Å². The molecule has 2 atom stereocenters. The van der Waals surface area contributed by atoms with Gasteiger partial charge >= 0.3 is 0 Å². The van der Waals surface area contributed by atoms with Gasteiger partial charge in [-0.15, -0.1) is 11.3 Å². The van der Waals surface area contributed by atoms with Gasteiger partial charge in [0.25, 0.3) is 0 Å². The highest BCUT2D eigenvalue weighted by atomic mass is 32.1. The Morgan fingerprint density at radius 1 is 1.30 bits per heavy atom. The molecule has 2 aromatic heterocycles. The van der Waals surface area contributed by atoms with Gasteiger partial charge in [-0.2, -0.15) is 0 Å². The van der Waals surface area contributed by atoms with Crippen molar-refractivity contribution in [2.45, 2.75) is 52.4 Å². The molecule has 0 saturated heterocycles. The highest BCUT2D eigenvalue weighted by Crippen LogP contribution is 2.40. The number of nitrogens with zero attached hydrogens (tertiary/aromatic N) is 2. The van der Waals surface area contributed by atoms with Gasteiger partial charge in [0.2, 0.25) is 0 Å². The minimum atomic E-state index is 0.499. The maximum Gasteiger partial charge on any atom is 0.152 e. The number of nitrogen functional groups attached to an aromatic ring is 1. The molecule has 3 N–H and O–H groups in total. The SMILES string of the molecule is CCC1CCC(c2nc(NN)c3c(C)c(C)sc3n2)C1. The molecule has 0 spiro atoms. The molecule has 0 aliphatic heterocycles. The average Bonchev–Trinajstić information content (AvgIpc) is 3.04. The fourth-order valence-corrected chi connectivity index (χ4v) is 4.27. The van der Waals surface area contributed by atoms with E-state index < -0.39 is 0 Å². The first-order chi connectivity index (χ1) is 9.63. The lowest BCUT2D eigenvalue weighted by molar-refractivity contribution is 0.517. The van der Waals surface area contributed by atoms with E-state index in [4.69, 9.17) is 15.8 Å². The summed E-state index contributed by atoms with van der Waals surface area (Å²) in [6.45, 7) is 6.51. The standard InChI is InChI=1S/C15H22N4S/c1-4-10-5-6-11(7-10)13-17-14(19-16)12-8(2)9(3)20-15(12)18-13/h10-11H,4-7,16H2,1-3H3,(H,17,18,19). The van der Waals surface area contributed by atoms with Crippen LogP contribution >= 0.6 is 11.3 Å². The van der Waals surface area contributed by atoms with Crippen LogP contribution in [0.2, 0.25) is 0 Å². The fourth-order valence-electron chi connectivity index (χ4n) is 3.23. The van der Waals surface area contributed by atoms with Crippen LogP contribution in [0.15, 0.2) is 0 Å². The van der Waals surface area contributed by atoms with Gasteiger partial charge in [0, 0.05) is 10.8 Å². The number of rotatable bonds is 3. The third kappa shape index (κ3) is 2.19. The summed E-state index contributed by atoms with van der Waals surface area (Å²) in [6, 6.07) is 0. The van der Waals surface area contributed by atoms with Crippen molar-refractivity contribution in [2.75, 3.05) is 5.43 Å². The summed E-state index contributed by atoms with van der Waals surface area (Å²) in [4.78, 5) is 11.9. The molecule has 2 aromatic rings. The third-order valence-corrected chi connectivity index (χ3v) is 5.77. The highest BCUT2D eigenvalue weighted by Gasteiger charge is 2.28. The molecule has 5 heteroatoms. The Balaban J connectivity index is 2.05. The molecule has 108 valence electrons. The van der Waals surface area contributed by atoms with E-state index in [9.17, 15) is 0 Å². The summed E-state index contributed by atoms with van der Waals surface area (Å²) in [5.74, 6) is 8.77. The number of nitrogens with one attached hydrogen (secondary N) is 1. The quantitative estimate of drug-likeness (QED) is 0.665. The minimum absolute atomic E-state index is 0.499. The second-order valence-electron chi connectivity index (χ2n) is 5.82. The van der Waals surface area contributed by atoms with E-state index in [1.807, 2.05) is 0 Å². The van der Waals surface area contributed by atoms with Gasteiger partial charge in [-0.05, 0) is 44.6 Å². The first-order valence-electron chi connectivity index (χ1n) is 7.38. The molecule has 0 bridgehead atoms. The number of aromatic nitrogens is 2. The first-order valence-corrected chi connectivity index (χ1v) is 8.19. The maximum atomic E-state index is 5.68. The lowest BCUT2D eigenvalue weighted by Gasteiger charge is -2.11. The number of thiophene rings is 1. The van der Waals surface area contributed by atoms with Gasteiger partial charge in [0.05, 0.1) is 5.39 Å². The normalized spacial score (nSPS) is 22.6. The van der Waals surface area contributed by atoms with Crippen molar-refractivity contribution in [3.05, 3.63) is 16.3 Å². The van der Waals surface area contributed by atoms with Crippen molar-refractivity contribution in [3.63, 3.8) is 0 Å². The molecule has 1 aliphatic carbocycles. The second-order valence-corrected chi connectivity index (χ2v) is 7.03. The molecule has 0 aromatic carbocycles. The maximum absolute atomic E-state index is 5.68. The van der Waals surface area contributed by atoms with Crippen LogP contribution in [0, 0.1) is 19.8 Å². The number of anilines is 1. The molecule has 2 unspecified atom stereocenters. The zero-order valence-corrected chi connectivity index (χ0v) is 13.2.